The Morgan fingerprint density at radius 2 is 2.06 bits per heavy atom. The van der Waals surface area contributed by atoms with Crippen LogP contribution in [0.5, 0.6) is 5.75 Å². The van der Waals surface area contributed by atoms with E-state index in [1.54, 1.807) is 12.1 Å². The number of benzene rings is 1. The molecule has 1 unspecified atom stereocenters. The Labute approximate surface area is 104 Å². The summed E-state index contributed by atoms with van der Waals surface area (Å²) in [5.74, 6) is -0.489. The van der Waals surface area contributed by atoms with E-state index < -0.39 is 12.1 Å². The number of carbonyl (C=O) groups excluding carboxylic acids is 1. The van der Waals surface area contributed by atoms with E-state index in [1.807, 2.05) is 0 Å². The molecule has 0 bridgehead atoms. The molecule has 0 heterocycles. The van der Waals surface area contributed by atoms with Crippen molar-refractivity contribution >= 4 is 5.97 Å². The van der Waals surface area contributed by atoms with E-state index in [0.29, 0.717) is 5.56 Å². The van der Waals surface area contributed by atoms with E-state index in [0.717, 1.165) is 6.08 Å². The minimum Gasteiger partial charge on any atom is -0.508 e. The molecule has 0 saturated heterocycles. The molecule has 0 radical (unpaired) electrons. The van der Waals surface area contributed by atoms with Gasteiger partial charge in [-0.2, -0.15) is 0 Å². The Bertz CT molecular complexity index is 386. The van der Waals surface area contributed by atoms with Gasteiger partial charge in [-0.25, -0.2) is 9.68 Å². The van der Waals surface area contributed by atoms with Gasteiger partial charge in [-0.1, -0.05) is 18.7 Å². The molecule has 0 saturated carbocycles. The predicted molar refractivity (Wildman–Crippen MR) is 61.7 cm³/mol. The number of hydrogen-bond acceptors (Lipinski definition) is 6. The molecule has 0 amide bonds. The van der Waals surface area contributed by atoms with E-state index in [1.165, 1.54) is 12.1 Å². The summed E-state index contributed by atoms with van der Waals surface area (Å²) in [6, 6.07) is 6.07. The highest BCUT2D eigenvalue weighted by atomic mass is 17.1. The third-order valence-electron chi connectivity index (χ3n) is 2.11. The summed E-state index contributed by atoms with van der Waals surface area (Å²) in [6.07, 6.45) is 0.289. The zero-order valence-electron chi connectivity index (χ0n) is 9.61. The number of phenols is 1. The van der Waals surface area contributed by atoms with E-state index in [9.17, 15) is 4.79 Å². The average Bonchev–Trinajstić information content (AvgIpc) is 2.40. The Kier molecular flexibility index (Phi) is 5.86. The van der Waals surface area contributed by atoms with Crippen LogP contribution in [0, 0.1) is 0 Å². The van der Waals surface area contributed by atoms with Crippen molar-refractivity contribution in [1.82, 2.24) is 0 Å². The zero-order chi connectivity index (χ0) is 13.4. The Morgan fingerprint density at radius 1 is 1.39 bits per heavy atom. The summed E-state index contributed by atoms with van der Waals surface area (Å²) in [6.45, 7) is 2.96. The van der Waals surface area contributed by atoms with Crippen LogP contribution in [0.15, 0.2) is 36.9 Å². The van der Waals surface area contributed by atoms with Gasteiger partial charge in [0.1, 0.15) is 11.9 Å². The fraction of sp³-hybridized carbons (Fsp3) is 0.250. The number of phenolic OH excluding ortho intramolecular Hbond substituents is 1. The van der Waals surface area contributed by atoms with Crippen LogP contribution in [0.25, 0.3) is 0 Å². The number of ether oxygens (including phenoxy) is 2. The lowest BCUT2D eigenvalue weighted by molar-refractivity contribution is -0.293. The van der Waals surface area contributed by atoms with E-state index in [2.05, 4.69) is 16.2 Å². The smallest absolute Gasteiger partial charge is 0.332 e. The molecule has 0 aliphatic rings. The largest absolute Gasteiger partial charge is 0.508 e. The van der Waals surface area contributed by atoms with Crippen LogP contribution in [0.4, 0.5) is 0 Å². The van der Waals surface area contributed by atoms with Crippen molar-refractivity contribution in [3.63, 3.8) is 0 Å². The maximum atomic E-state index is 10.7. The topological polar surface area (TPSA) is 85.2 Å². The number of rotatable bonds is 7. The van der Waals surface area contributed by atoms with Gasteiger partial charge < -0.3 is 14.6 Å². The molecule has 1 atom stereocenters. The van der Waals surface area contributed by atoms with Crippen molar-refractivity contribution in [3.05, 3.63) is 42.5 Å². The molecule has 0 fully saturated rings. The molecule has 0 spiro atoms. The maximum Gasteiger partial charge on any atom is 0.332 e. The van der Waals surface area contributed by atoms with Gasteiger partial charge in [0.25, 0.3) is 0 Å². The van der Waals surface area contributed by atoms with Crippen LogP contribution in [0.1, 0.15) is 11.7 Å². The molecule has 6 nitrogen and oxygen atoms in total. The molecule has 98 valence electrons. The lowest BCUT2D eigenvalue weighted by atomic mass is 10.1. The summed E-state index contributed by atoms with van der Waals surface area (Å²) >= 11 is 0. The van der Waals surface area contributed by atoms with Crippen molar-refractivity contribution in [2.45, 2.75) is 6.10 Å². The summed E-state index contributed by atoms with van der Waals surface area (Å²) in [5.41, 5.74) is 0.616. The first-order chi connectivity index (χ1) is 8.67. The predicted octanol–water partition coefficient (Wildman–Crippen LogP) is 1.63. The Morgan fingerprint density at radius 3 is 2.61 bits per heavy atom. The van der Waals surface area contributed by atoms with Crippen molar-refractivity contribution in [2.24, 2.45) is 0 Å². The van der Waals surface area contributed by atoms with Gasteiger partial charge in [-0.05, 0) is 17.7 Å². The van der Waals surface area contributed by atoms with E-state index in [-0.39, 0.29) is 19.1 Å². The number of esters is 1. The van der Waals surface area contributed by atoms with Crippen LogP contribution in [0.2, 0.25) is 0 Å². The molecular formula is C12H14O6. The second-order valence-electron chi connectivity index (χ2n) is 3.34. The van der Waals surface area contributed by atoms with Crippen LogP contribution < -0.4 is 0 Å². The minimum absolute atomic E-state index is 0.00824. The van der Waals surface area contributed by atoms with Crippen molar-refractivity contribution in [2.75, 3.05) is 13.4 Å². The van der Waals surface area contributed by atoms with Gasteiger partial charge in [0.15, 0.2) is 6.79 Å². The molecule has 0 aliphatic carbocycles. The van der Waals surface area contributed by atoms with Crippen LogP contribution in [-0.2, 0) is 19.2 Å². The third kappa shape index (κ3) is 4.54. The highest BCUT2D eigenvalue weighted by Gasteiger charge is 2.12. The molecular weight excluding hydrogens is 240 g/mol. The van der Waals surface area contributed by atoms with Gasteiger partial charge >= 0.3 is 5.97 Å². The van der Waals surface area contributed by atoms with E-state index in [4.69, 9.17) is 15.1 Å². The third-order valence-corrected chi connectivity index (χ3v) is 2.11. The number of hydrogen-bond donors (Lipinski definition) is 2. The Balaban J connectivity index is 2.40. The quantitative estimate of drug-likeness (QED) is 0.192. The summed E-state index contributed by atoms with van der Waals surface area (Å²) in [7, 11) is 0. The molecule has 2 N–H and O–H groups in total. The normalized spacial score (nSPS) is 11.8. The van der Waals surface area contributed by atoms with Gasteiger partial charge in [0.2, 0.25) is 0 Å². The second kappa shape index (κ2) is 7.44. The minimum atomic E-state index is -0.729. The average molecular weight is 254 g/mol. The highest BCUT2D eigenvalue weighted by Crippen LogP contribution is 2.19. The fourth-order valence-electron chi connectivity index (χ4n) is 1.19. The molecule has 18 heavy (non-hydrogen) atoms. The van der Waals surface area contributed by atoms with Crippen molar-refractivity contribution < 1.29 is 29.5 Å². The lowest BCUT2D eigenvalue weighted by Crippen LogP contribution is -2.13. The van der Waals surface area contributed by atoms with Crippen LogP contribution >= 0.6 is 0 Å². The number of carbonyl (C=O) groups is 1. The SMILES string of the molecule is C=CC(=O)OCOCC(OO)c1ccc(O)cc1. The molecule has 0 aliphatic heterocycles. The molecule has 0 aromatic heterocycles. The summed E-state index contributed by atoms with van der Waals surface area (Å²) in [5, 5.41) is 17.8. The highest BCUT2D eigenvalue weighted by molar-refractivity contribution is 5.81. The van der Waals surface area contributed by atoms with E-state index >= 15 is 0 Å². The van der Waals surface area contributed by atoms with Crippen molar-refractivity contribution in [3.8, 4) is 5.75 Å². The second-order valence-corrected chi connectivity index (χ2v) is 3.34. The maximum absolute atomic E-state index is 10.7. The summed E-state index contributed by atoms with van der Waals surface area (Å²) < 4.78 is 9.59. The molecule has 1 aromatic carbocycles. The first kappa shape index (κ1) is 14.2. The Hall–Kier alpha value is -1.89. The zero-order valence-corrected chi connectivity index (χ0v) is 9.61. The standard InChI is InChI=1S/C12H14O6/c1-2-12(14)17-8-16-7-11(18-15)9-3-5-10(13)6-4-9/h2-6,11,13,15H,1,7-8H2. The molecule has 1 aromatic rings. The molecule has 6 heteroatoms. The van der Waals surface area contributed by atoms with Crippen molar-refractivity contribution in [1.29, 1.82) is 0 Å². The lowest BCUT2D eigenvalue weighted by Gasteiger charge is -2.14. The summed E-state index contributed by atoms with van der Waals surface area (Å²) in [4.78, 5) is 14.9. The first-order valence-electron chi connectivity index (χ1n) is 5.13. The van der Waals surface area contributed by atoms with Gasteiger partial charge in [-0.3, -0.25) is 5.26 Å². The van der Waals surface area contributed by atoms with Gasteiger partial charge in [-0.15, -0.1) is 0 Å². The van der Waals surface area contributed by atoms with Gasteiger partial charge in [0.05, 0.1) is 6.61 Å². The number of aromatic hydroxyl groups is 1. The van der Waals surface area contributed by atoms with Crippen LogP contribution in [-0.4, -0.2) is 29.7 Å². The van der Waals surface area contributed by atoms with Gasteiger partial charge in [0, 0.05) is 6.08 Å². The molecule has 1 rings (SSSR count). The van der Waals surface area contributed by atoms with Crippen LogP contribution in [0.3, 0.4) is 0 Å². The first-order valence-corrected chi connectivity index (χ1v) is 5.13. The fourth-order valence-corrected chi connectivity index (χ4v) is 1.19. The monoisotopic (exact) mass is 254 g/mol.